The van der Waals surface area contributed by atoms with Crippen LogP contribution < -0.4 is 0 Å². The molecule has 0 fully saturated rings. The summed E-state index contributed by atoms with van der Waals surface area (Å²) in [5.74, 6) is -0.173. The highest BCUT2D eigenvalue weighted by Crippen LogP contribution is 2.20. The van der Waals surface area contributed by atoms with E-state index in [1.807, 2.05) is 12.1 Å². The van der Waals surface area contributed by atoms with Gasteiger partial charge in [0.1, 0.15) is 0 Å². The molecule has 100 valence electrons. The minimum atomic E-state index is -0.462. The average Bonchev–Trinajstić information content (AvgIpc) is 2.45. The Balaban J connectivity index is 2.29. The number of nitro benzene ring substituents is 1. The van der Waals surface area contributed by atoms with Crippen molar-refractivity contribution in [2.45, 2.75) is 0 Å². The summed E-state index contributed by atoms with van der Waals surface area (Å²) >= 11 is 2.08. The van der Waals surface area contributed by atoms with Gasteiger partial charge in [-0.2, -0.15) is 0 Å². The molecule has 5 heteroatoms. The summed E-state index contributed by atoms with van der Waals surface area (Å²) in [6.45, 7) is 0. The number of halogens is 1. The molecular formula is C15H10INO3. The van der Waals surface area contributed by atoms with Crippen LogP contribution in [-0.2, 0) is 0 Å². The van der Waals surface area contributed by atoms with Crippen LogP contribution in [0, 0.1) is 13.7 Å². The SMILES string of the molecule is O=C(/C=C/c1ccccc1[N+](=O)[O-])c1ccccc1I. The van der Waals surface area contributed by atoms with Gasteiger partial charge < -0.3 is 0 Å². The normalized spacial score (nSPS) is 10.7. The van der Waals surface area contributed by atoms with Crippen molar-refractivity contribution < 1.29 is 9.72 Å². The second kappa shape index (κ2) is 6.42. The van der Waals surface area contributed by atoms with Gasteiger partial charge >= 0.3 is 0 Å². The maximum absolute atomic E-state index is 12.1. The molecule has 0 aliphatic rings. The largest absolute Gasteiger partial charge is 0.289 e. The first-order chi connectivity index (χ1) is 9.59. The Morgan fingerprint density at radius 2 is 1.75 bits per heavy atom. The second-order valence-electron chi connectivity index (χ2n) is 3.99. The number of hydrogen-bond donors (Lipinski definition) is 0. The number of carbonyl (C=O) groups excluding carboxylic acids is 1. The van der Waals surface area contributed by atoms with Crippen LogP contribution in [0.5, 0.6) is 0 Å². The predicted molar refractivity (Wildman–Crippen MR) is 85.6 cm³/mol. The molecular weight excluding hydrogens is 369 g/mol. The lowest BCUT2D eigenvalue weighted by atomic mass is 10.1. The highest BCUT2D eigenvalue weighted by atomic mass is 127. The van der Waals surface area contributed by atoms with Gasteiger partial charge in [0.05, 0.1) is 10.5 Å². The maximum Gasteiger partial charge on any atom is 0.276 e. The van der Waals surface area contributed by atoms with E-state index in [2.05, 4.69) is 22.6 Å². The minimum Gasteiger partial charge on any atom is -0.289 e. The molecule has 0 saturated heterocycles. The summed E-state index contributed by atoms with van der Waals surface area (Å²) in [4.78, 5) is 22.5. The van der Waals surface area contributed by atoms with Crippen LogP contribution in [0.25, 0.3) is 6.08 Å². The summed E-state index contributed by atoms with van der Waals surface area (Å²) in [6.07, 6.45) is 2.84. The molecule has 20 heavy (non-hydrogen) atoms. The molecule has 0 heterocycles. The molecule has 0 saturated carbocycles. The molecule has 4 nitrogen and oxygen atoms in total. The number of benzene rings is 2. The minimum absolute atomic E-state index is 0.0145. The van der Waals surface area contributed by atoms with E-state index in [-0.39, 0.29) is 11.5 Å². The molecule has 0 aliphatic heterocycles. The summed E-state index contributed by atoms with van der Waals surface area (Å²) in [5.41, 5.74) is 0.985. The number of hydrogen-bond acceptors (Lipinski definition) is 3. The van der Waals surface area contributed by atoms with Crippen molar-refractivity contribution in [2.24, 2.45) is 0 Å². The fourth-order valence-electron chi connectivity index (χ4n) is 1.71. The molecule has 0 radical (unpaired) electrons. The predicted octanol–water partition coefficient (Wildman–Crippen LogP) is 4.10. The van der Waals surface area contributed by atoms with Crippen LogP contribution >= 0.6 is 22.6 Å². The zero-order valence-corrected chi connectivity index (χ0v) is 12.5. The van der Waals surface area contributed by atoms with E-state index in [1.54, 1.807) is 30.3 Å². The molecule has 0 aliphatic carbocycles. The Hall–Kier alpha value is -2.02. The van der Waals surface area contributed by atoms with Gasteiger partial charge in [-0.25, -0.2) is 0 Å². The van der Waals surface area contributed by atoms with Crippen LogP contribution in [0.3, 0.4) is 0 Å². The zero-order valence-electron chi connectivity index (χ0n) is 10.3. The Kier molecular flexibility index (Phi) is 4.62. The number of nitro groups is 1. The smallest absolute Gasteiger partial charge is 0.276 e. The summed E-state index contributed by atoms with van der Waals surface area (Å²) in [5, 5.41) is 10.9. The topological polar surface area (TPSA) is 60.2 Å². The monoisotopic (exact) mass is 379 g/mol. The third-order valence-electron chi connectivity index (χ3n) is 2.69. The number of ketones is 1. The van der Waals surface area contributed by atoms with E-state index in [4.69, 9.17) is 0 Å². The highest BCUT2D eigenvalue weighted by molar-refractivity contribution is 14.1. The number of carbonyl (C=O) groups is 1. The van der Waals surface area contributed by atoms with Crippen molar-refractivity contribution in [3.63, 3.8) is 0 Å². The Labute approximate surface area is 129 Å². The third-order valence-corrected chi connectivity index (χ3v) is 3.63. The Bertz CT molecular complexity index is 695. The van der Waals surface area contributed by atoms with Crippen molar-refractivity contribution in [2.75, 3.05) is 0 Å². The van der Waals surface area contributed by atoms with Gasteiger partial charge in [-0.15, -0.1) is 0 Å². The van der Waals surface area contributed by atoms with Crippen molar-refractivity contribution >= 4 is 40.1 Å². The molecule has 0 aromatic heterocycles. The molecule has 0 bridgehead atoms. The lowest BCUT2D eigenvalue weighted by molar-refractivity contribution is -0.385. The van der Waals surface area contributed by atoms with Gasteiger partial charge in [-0.1, -0.05) is 24.3 Å². The van der Waals surface area contributed by atoms with E-state index < -0.39 is 4.92 Å². The van der Waals surface area contributed by atoms with Crippen LogP contribution in [0.2, 0.25) is 0 Å². The molecule has 2 aromatic carbocycles. The number of rotatable bonds is 4. The third kappa shape index (κ3) is 3.30. The summed E-state index contributed by atoms with van der Waals surface area (Å²) in [6, 6.07) is 13.5. The standard InChI is InChI=1S/C15H10INO3/c16-13-7-3-2-6-12(13)15(18)10-9-11-5-1-4-8-14(11)17(19)20/h1-10H/b10-9+. The van der Waals surface area contributed by atoms with Crippen LogP contribution in [0.4, 0.5) is 5.69 Å². The number of nitrogens with zero attached hydrogens (tertiary/aromatic N) is 1. The average molecular weight is 379 g/mol. The molecule has 2 aromatic rings. The first-order valence-electron chi connectivity index (χ1n) is 5.80. The van der Waals surface area contributed by atoms with E-state index >= 15 is 0 Å². The van der Waals surface area contributed by atoms with Crippen LogP contribution in [0.15, 0.2) is 54.6 Å². The van der Waals surface area contributed by atoms with Gasteiger partial charge in [0, 0.05) is 15.2 Å². The number of allylic oxidation sites excluding steroid dienone is 1. The fraction of sp³-hybridized carbons (Fsp3) is 0. The molecule has 0 unspecified atom stereocenters. The van der Waals surface area contributed by atoms with E-state index in [0.717, 1.165) is 3.57 Å². The van der Waals surface area contributed by atoms with E-state index in [9.17, 15) is 14.9 Å². The lowest BCUT2D eigenvalue weighted by Crippen LogP contribution is -1.97. The van der Waals surface area contributed by atoms with Crippen LogP contribution in [0.1, 0.15) is 15.9 Å². The molecule has 0 amide bonds. The molecule has 0 atom stereocenters. The lowest BCUT2D eigenvalue weighted by Gasteiger charge is -1.99. The second-order valence-corrected chi connectivity index (χ2v) is 5.16. The van der Waals surface area contributed by atoms with Crippen molar-refractivity contribution in [1.29, 1.82) is 0 Å². The maximum atomic E-state index is 12.1. The zero-order chi connectivity index (χ0) is 14.5. The summed E-state index contributed by atoms with van der Waals surface area (Å²) in [7, 11) is 0. The van der Waals surface area contributed by atoms with E-state index in [1.165, 1.54) is 18.2 Å². The van der Waals surface area contributed by atoms with Crippen LogP contribution in [-0.4, -0.2) is 10.7 Å². The van der Waals surface area contributed by atoms with E-state index in [0.29, 0.717) is 11.1 Å². The number of para-hydroxylation sites is 1. The van der Waals surface area contributed by atoms with Crippen molar-refractivity contribution in [3.8, 4) is 0 Å². The Morgan fingerprint density at radius 3 is 2.45 bits per heavy atom. The van der Waals surface area contributed by atoms with Gasteiger partial charge in [0.25, 0.3) is 5.69 Å². The molecule has 0 spiro atoms. The first-order valence-corrected chi connectivity index (χ1v) is 6.88. The first kappa shape index (κ1) is 14.4. The fourth-order valence-corrected chi connectivity index (χ4v) is 2.36. The highest BCUT2D eigenvalue weighted by Gasteiger charge is 2.10. The Morgan fingerprint density at radius 1 is 1.10 bits per heavy atom. The molecule has 0 N–H and O–H groups in total. The quantitative estimate of drug-likeness (QED) is 0.264. The van der Waals surface area contributed by atoms with Gasteiger partial charge in [0.2, 0.25) is 0 Å². The van der Waals surface area contributed by atoms with Gasteiger partial charge in [-0.05, 0) is 52.9 Å². The van der Waals surface area contributed by atoms with Gasteiger partial charge in [0.15, 0.2) is 5.78 Å². The van der Waals surface area contributed by atoms with Gasteiger partial charge in [-0.3, -0.25) is 14.9 Å². The summed E-state index contributed by atoms with van der Waals surface area (Å²) < 4.78 is 0.849. The van der Waals surface area contributed by atoms with Crippen molar-refractivity contribution in [3.05, 3.63) is 79.4 Å². The molecule has 2 rings (SSSR count). The van der Waals surface area contributed by atoms with Crippen molar-refractivity contribution in [1.82, 2.24) is 0 Å².